The zero-order chi connectivity index (χ0) is 27.9. The molecule has 3 amide bonds. The SMILES string of the molecule is Cc1nc2n(n1)CCN(C(=O)Cc1ccncc1)CCCC(=O)N1CCCC[C@H]1C(=O)N[C@@H]2Cc1ccccc1. The van der Waals surface area contributed by atoms with Crippen LogP contribution in [0.2, 0.25) is 0 Å². The number of aryl methyl sites for hydroxylation is 1. The number of aromatic nitrogens is 4. The highest BCUT2D eigenvalue weighted by Crippen LogP contribution is 2.23. The van der Waals surface area contributed by atoms with Crippen molar-refractivity contribution in [1.29, 1.82) is 0 Å². The van der Waals surface area contributed by atoms with Crippen molar-refractivity contribution in [2.75, 3.05) is 19.6 Å². The Morgan fingerprint density at radius 3 is 2.55 bits per heavy atom. The number of hydrogen-bond acceptors (Lipinski definition) is 6. The molecule has 10 heteroatoms. The summed E-state index contributed by atoms with van der Waals surface area (Å²) in [6, 6.07) is 12.7. The van der Waals surface area contributed by atoms with Crippen molar-refractivity contribution in [3.8, 4) is 0 Å². The second kappa shape index (κ2) is 12.8. The molecule has 0 saturated carbocycles. The van der Waals surface area contributed by atoms with Crippen LogP contribution >= 0.6 is 0 Å². The van der Waals surface area contributed by atoms with Gasteiger partial charge < -0.3 is 15.1 Å². The lowest BCUT2D eigenvalue weighted by Gasteiger charge is -2.36. The molecule has 5 rings (SSSR count). The molecular formula is C30H37N7O3. The second-order valence-corrected chi connectivity index (χ2v) is 10.6. The minimum Gasteiger partial charge on any atom is -0.344 e. The third-order valence-corrected chi connectivity index (χ3v) is 7.70. The Kier molecular flexibility index (Phi) is 8.83. The summed E-state index contributed by atoms with van der Waals surface area (Å²) < 4.78 is 1.82. The molecule has 4 heterocycles. The molecule has 0 radical (unpaired) electrons. The molecular weight excluding hydrogens is 506 g/mol. The van der Waals surface area contributed by atoms with Crippen LogP contribution in [0.4, 0.5) is 0 Å². The van der Waals surface area contributed by atoms with Gasteiger partial charge in [-0.1, -0.05) is 30.3 Å². The molecule has 40 heavy (non-hydrogen) atoms. The van der Waals surface area contributed by atoms with Crippen molar-refractivity contribution in [3.63, 3.8) is 0 Å². The number of nitrogens with zero attached hydrogens (tertiary/aromatic N) is 6. The first-order valence-electron chi connectivity index (χ1n) is 14.2. The molecule has 0 bridgehead atoms. The number of hydrogen-bond donors (Lipinski definition) is 1. The zero-order valence-electron chi connectivity index (χ0n) is 23.0. The first-order valence-corrected chi connectivity index (χ1v) is 14.2. The molecule has 10 nitrogen and oxygen atoms in total. The van der Waals surface area contributed by atoms with E-state index in [2.05, 4.69) is 15.4 Å². The highest BCUT2D eigenvalue weighted by atomic mass is 16.2. The van der Waals surface area contributed by atoms with Crippen molar-refractivity contribution < 1.29 is 14.4 Å². The van der Waals surface area contributed by atoms with E-state index in [1.807, 2.05) is 59.0 Å². The third kappa shape index (κ3) is 6.73. The largest absolute Gasteiger partial charge is 0.344 e. The number of piperidine rings is 1. The lowest BCUT2D eigenvalue weighted by atomic mass is 9.99. The number of carbonyl (C=O) groups is 3. The number of benzene rings is 1. The number of nitrogens with one attached hydrogen (secondary N) is 1. The summed E-state index contributed by atoms with van der Waals surface area (Å²) in [6.45, 7) is 3.72. The predicted molar refractivity (Wildman–Crippen MR) is 149 cm³/mol. The summed E-state index contributed by atoms with van der Waals surface area (Å²) in [4.78, 5) is 52.7. The summed E-state index contributed by atoms with van der Waals surface area (Å²) in [6.07, 6.45) is 7.42. The van der Waals surface area contributed by atoms with E-state index in [1.165, 1.54) is 0 Å². The van der Waals surface area contributed by atoms with E-state index in [-0.39, 0.29) is 24.1 Å². The number of pyridine rings is 1. The molecule has 210 valence electrons. The van der Waals surface area contributed by atoms with Gasteiger partial charge in [-0.25, -0.2) is 9.67 Å². The summed E-state index contributed by atoms with van der Waals surface area (Å²) in [5, 5.41) is 7.89. The Balaban J connectivity index is 1.46. The molecule has 1 fully saturated rings. The van der Waals surface area contributed by atoms with Crippen LogP contribution in [0.25, 0.3) is 0 Å². The first-order chi connectivity index (χ1) is 19.5. The van der Waals surface area contributed by atoms with Crippen molar-refractivity contribution >= 4 is 17.7 Å². The topological polar surface area (TPSA) is 113 Å². The molecule has 0 unspecified atom stereocenters. The van der Waals surface area contributed by atoms with Gasteiger partial charge in [-0.15, -0.1) is 0 Å². The molecule has 0 aliphatic carbocycles. The number of rotatable bonds is 4. The number of fused-ring (bicyclic) bond motifs is 2. The van der Waals surface area contributed by atoms with Crippen LogP contribution in [0.1, 0.15) is 60.9 Å². The van der Waals surface area contributed by atoms with Crippen LogP contribution in [0.15, 0.2) is 54.9 Å². The Morgan fingerprint density at radius 1 is 0.950 bits per heavy atom. The fourth-order valence-corrected chi connectivity index (χ4v) is 5.65. The maximum Gasteiger partial charge on any atom is 0.243 e. The van der Waals surface area contributed by atoms with Gasteiger partial charge in [-0.2, -0.15) is 5.10 Å². The Hall–Kier alpha value is -4.08. The minimum atomic E-state index is -0.510. The minimum absolute atomic E-state index is 0.00545. The molecule has 1 saturated heterocycles. The quantitative estimate of drug-likeness (QED) is 0.541. The van der Waals surface area contributed by atoms with Gasteiger partial charge in [-0.3, -0.25) is 19.4 Å². The normalized spacial score (nSPS) is 20.7. The third-order valence-electron chi connectivity index (χ3n) is 7.70. The molecule has 1 aromatic carbocycles. The monoisotopic (exact) mass is 543 g/mol. The van der Waals surface area contributed by atoms with Gasteiger partial charge >= 0.3 is 0 Å². The average Bonchev–Trinajstić information content (AvgIpc) is 3.35. The average molecular weight is 544 g/mol. The van der Waals surface area contributed by atoms with Gasteiger partial charge in [0, 0.05) is 38.4 Å². The first kappa shape index (κ1) is 27.5. The van der Waals surface area contributed by atoms with Crippen LogP contribution in [0, 0.1) is 6.92 Å². The van der Waals surface area contributed by atoms with Gasteiger partial charge in [-0.05, 0) is 62.3 Å². The lowest BCUT2D eigenvalue weighted by Crippen LogP contribution is -2.53. The lowest BCUT2D eigenvalue weighted by molar-refractivity contribution is -0.143. The van der Waals surface area contributed by atoms with Gasteiger partial charge in [0.15, 0.2) is 0 Å². The summed E-state index contributed by atoms with van der Waals surface area (Å²) in [5.74, 6) is 1.08. The predicted octanol–water partition coefficient (Wildman–Crippen LogP) is 2.63. The second-order valence-electron chi connectivity index (χ2n) is 10.6. The molecule has 1 N–H and O–H groups in total. The van der Waals surface area contributed by atoms with E-state index in [4.69, 9.17) is 4.98 Å². The van der Waals surface area contributed by atoms with Crippen molar-refractivity contribution in [3.05, 3.63) is 77.6 Å². The van der Waals surface area contributed by atoms with E-state index < -0.39 is 12.1 Å². The standard InChI is InChI=1S/C30H37N7O3/c1-22-32-29-25(20-23-8-3-2-4-9-23)33-30(40)26-10-5-6-17-36(26)27(38)11-7-16-35(18-19-37(29)34-22)28(39)21-24-12-14-31-15-13-24/h2-4,8-9,12-15,25-26H,5-7,10-11,16-21H2,1H3,(H,33,40)/t25-,26+/m1/s1. The Morgan fingerprint density at radius 2 is 1.75 bits per heavy atom. The fraction of sp³-hybridized carbons (Fsp3) is 0.467. The van der Waals surface area contributed by atoms with Crippen molar-refractivity contribution in [2.24, 2.45) is 0 Å². The maximum atomic E-state index is 13.7. The maximum absolute atomic E-state index is 13.7. The number of carbonyl (C=O) groups excluding carboxylic acids is 3. The van der Waals surface area contributed by atoms with E-state index in [1.54, 1.807) is 17.3 Å². The summed E-state index contributed by atoms with van der Waals surface area (Å²) >= 11 is 0. The molecule has 2 aliphatic rings. The summed E-state index contributed by atoms with van der Waals surface area (Å²) in [7, 11) is 0. The fourth-order valence-electron chi connectivity index (χ4n) is 5.65. The van der Waals surface area contributed by atoms with E-state index in [0.717, 1.165) is 24.0 Å². The smallest absolute Gasteiger partial charge is 0.243 e. The molecule has 0 spiro atoms. The van der Waals surface area contributed by atoms with E-state index in [0.29, 0.717) is 63.5 Å². The van der Waals surface area contributed by atoms with Gasteiger partial charge in [0.05, 0.1) is 19.0 Å². The van der Waals surface area contributed by atoms with Gasteiger partial charge in [0.1, 0.15) is 17.7 Å². The zero-order valence-corrected chi connectivity index (χ0v) is 23.0. The highest BCUT2D eigenvalue weighted by molar-refractivity contribution is 5.88. The van der Waals surface area contributed by atoms with Crippen LogP contribution in [0.5, 0.6) is 0 Å². The van der Waals surface area contributed by atoms with E-state index >= 15 is 0 Å². The van der Waals surface area contributed by atoms with Crippen LogP contribution in [-0.4, -0.2) is 72.9 Å². The van der Waals surface area contributed by atoms with Crippen LogP contribution in [0.3, 0.4) is 0 Å². The van der Waals surface area contributed by atoms with E-state index in [9.17, 15) is 14.4 Å². The summed E-state index contributed by atoms with van der Waals surface area (Å²) in [5.41, 5.74) is 1.96. The molecule has 2 aromatic heterocycles. The van der Waals surface area contributed by atoms with Crippen molar-refractivity contribution in [2.45, 2.75) is 70.5 Å². The number of amides is 3. The van der Waals surface area contributed by atoms with Gasteiger partial charge in [0.25, 0.3) is 0 Å². The molecule has 2 atom stereocenters. The Labute approximate surface area is 234 Å². The van der Waals surface area contributed by atoms with Gasteiger partial charge in [0.2, 0.25) is 17.7 Å². The Bertz CT molecular complexity index is 1310. The molecule has 3 aromatic rings. The highest BCUT2D eigenvalue weighted by Gasteiger charge is 2.34. The molecule has 2 aliphatic heterocycles. The van der Waals surface area contributed by atoms with Crippen molar-refractivity contribution in [1.82, 2.24) is 34.9 Å². The van der Waals surface area contributed by atoms with Crippen LogP contribution < -0.4 is 5.32 Å². The van der Waals surface area contributed by atoms with Crippen LogP contribution in [-0.2, 0) is 33.8 Å².